The summed E-state index contributed by atoms with van der Waals surface area (Å²) in [4.78, 5) is 0. The lowest BCUT2D eigenvalue weighted by molar-refractivity contribution is 0.551. The van der Waals surface area contributed by atoms with Gasteiger partial charge in [-0.3, -0.25) is 0 Å². The highest BCUT2D eigenvalue weighted by Crippen LogP contribution is 2.28. The van der Waals surface area contributed by atoms with Crippen LogP contribution in [0.25, 0.3) is 0 Å². The number of rotatable bonds is 8. The third-order valence-electron chi connectivity index (χ3n) is 3.18. The molecule has 1 saturated carbocycles. The first kappa shape index (κ1) is 15.3. The van der Waals surface area contributed by atoms with Gasteiger partial charge < -0.3 is 5.32 Å². The third-order valence-corrected chi connectivity index (χ3v) is 5.83. The predicted molar refractivity (Wildman–Crippen MR) is 75.0 cm³/mol. The molecule has 0 aliphatic heterocycles. The van der Waals surface area contributed by atoms with Crippen LogP contribution in [0.3, 0.4) is 0 Å². The van der Waals surface area contributed by atoms with Crippen molar-refractivity contribution in [3.05, 3.63) is 0 Å². The fourth-order valence-corrected chi connectivity index (χ4v) is 4.69. The molecule has 0 spiro atoms. The van der Waals surface area contributed by atoms with E-state index in [9.17, 15) is 8.42 Å². The van der Waals surface area contributed by atoms with Gasteiger partial charge in [0.1, 0.15) is 0 Å². The van der Waals surface area contributed by atoms with Gasteiger partial charge in [-0.25, -0.2) is 13.1 Å². The molecule has 0 aromatic carbocycles. The molecule has 4 nitrogen and oxygen atoms in total. The quantitative estimate of drug-likeness (QED) is 0.656. The number of thioether (sulfide) groups is 1. The van der Waals surface area contributed by atoms with Crippen molar-refractivity contribution < 1.29 is 8.42 Å². The fraction of sp³-hybridized carbons (Fsp3) is 1.00. The van der Waals surface area contributed by atoms with E-state index in [0.29, 0.717) is 5.25 Å². The maximum Gasteiger partial charge on any atom is 0.211 e. The molecular formula is C11H24N2O2S2. The molecule has 1 aliphatic rings. The Hall–Kier alpha value is 0.220. The van der Waals surface area contributed by atoms with E-state index >= 15 is 0 Å². The van der Waals surface area contributed by atoms with Gasteiger partial charge in [0.2, 0.25) is 10.0 Å². The van der Waals surface area contributed by atoms with Crippen molar-refractivity contribution in [3.8, 4) is 0 Å². The van der Waals surface area contributed by atoms with Crippen LogP contribution in [0.2, 0.25) is 0 Å². The van der Waals surface area contributed by atoms with Gasteiger partial charge in [0.15, 0.2) is 0 Å². The van der Waals surface area contributed by atoms with Gasteiger partial charge in [0, 0.05) is 11.3 Å². The molecule has 0 aromatic heterocycles. The molecule has 6 heteroatoms. The Bertz CT molecular complexity index is 307. The summed E-state index contributed by atoms with van der Waals surface area (Å²) in [7, 11) is -1.20. The Labute approximate surface area is 109 Å². The van der Waals surface area contributed by atoms with E-state index in [2.05, 4.69) is 16.3 Å². The van der Waals surface area contributed by atoms with Crippen molar-refractivity contribution in [2.75, 3.05) is 25.6 Å². The monoisotopic (exact) mass is 280 g/mol. The molecule has 0 aromatic rings. The molecule has 2 N–H and O–H groups in total. The zero-order valence-electron chi connectivity index (χ0n) is 10.7. The SMILES string of the molecule is CNCCCCS(=O)(=O)NC1CCCC1SC. The number of hydrogen-bond acceptors (Lipinski definition) is 4. The van der Waals surface area contributed by atoms with Crippen LogP contribution in [-0.2, 0) is 10.0 Å². The maximum absolute atomic E-state index is 11.9. The van der Waals surface area contributed by atoms with Crippen molar-refractivity contribution in [3.63, 3.8) is 0 Å². The van der Waals surface area contributed by atoms with Crippen LogP contribution in [0, 0.1) is 0 Å². The zero-order chi connectivity index (χ0) is 12.7. The molecule has 102 valence electrons. The molecule has 0 radical (unpaired) electrons. The van der Waals surface area contributed by atoms with Crippen LogP contribution in [-0.4, -0.2) is 45.3 Å². The van der Waals surface area contributed by atoms with Crippen molar-refractivity contribution >= 4 is 21.8 Å². The van der Waals surface area contributed by atoms with E-state index in [1.54, 1.807) is 11.8 Å². The highest BCUT2D eigenvalue weighted by molar-refractivity contribution is 7.99. The van der Waals surface area contributed by atoms with E-state index in [1.807, 2.05) is 7.05 Å². The Balaban J connectivity index is 2.33. The van der Waals surface area contributed by atoms with E-state index in [0.717, 1.165) is 38.6 Å². The number of sulfonamides is 1. The zero-order valence-corrected chi connectivity index (χ0v) is 12.4. The van der Waals surface area contributed by atoms with Gasteiger partial charge in [-0.1, -0.05) is 6.42 Å². The van der Waals surface area contributed by atoms with Gasteiger partial charge >= 0.3 is 0 Å². The Morgan fingerprint density at radius 3 is 2.71 bits per heavy atom. The van der Waals surface area contributed by atoms with E-state index in [4.69, 9.17) is 0 Å². The van der Waals surface area contributed by atoms with Crippen LogP contribution in [0.1, 0.15) is 32.1 Å². The van der Waals surface area contributed by atoms with Crippen LogP contribution >= 0.6 is 11.8 Å². The second-order valence-electron chi connectivity index (χ2n) is 4.56. The summed E-state index contributed by atoms with van der Waals surface area (Å²) in [5.41, 5.74) is 0. The number of nitrogens with one attached hydrogen (secondary N) is 2. The first-order chi connectivity index (χ1) is 8.09. The lowest BCUT2D eigenvalue weighted by atomic mass is 10.3. The van der Waals surface area contributed by atoms with Gasteiger partial charge in [-0.05, 0) is 45.5 Å². The molecule has 0 saturated heterocycles. The lowest BCUT2D eigenvalue weighted by Crippen LogP contribution is -2.39. The molecule has 2 unspecified atom stereocenters. The summed E-state index contributed by atoms with van der Waals surface area (Å²) in [5.74, 6) is 0.256. The Kier molecular flexibility index (Phi) is 6.84. The van der Waals surface area contributed by atoms with Crippen LogP contribution in [0.4, 0.5) is 0 Å². The minimum absolute atomic E-state index is 0.152. The molecular weight excluding hydrogens is 256 g/mol. The van der Waals surface area contributed by atoms with Crippen molar-refractivity contribution in [2.24, 2.45) is 0 Å². The average molecular weight is 280 g/mol. The van der Waals surface area contributed by atoms with Crippen molar-refractivity contribution in [1.82, 2.24) is 10.0 Å². The Morgan fingerprint density at radius 2 is 2.06 bits per heavy atom. The van der Waals surface area contributed by atoms with Gasteiger partial charge in [0.25, 0.3) is 0 Å². The van der Waals surface area contributed by atoms with Crippen LogP contribution in [0.5, 0.6) is 0 Å². The summed E-state index contributed by atoms with van der Waals surface area (Å²) in [6.45, 7) is 0.881. The summed E-state index contributed by atoms with van der Waals surface area (Å²) in [6.07, 6.45) is 6.96. The number of unbranched alkanes of at least 4 members (excludes halogenated alkanes) is 1. The van der Waals surface area contributed by atoms with Crippen LogP contribution in [0.15, 0.2) is 0 Å². The fourth-order valence-electron chi connectivity index (χ4n) is 2.23. The molecule has 1 rings (SSSR count). The van der Waals surface area contributed by atoms with Gasteiger partial charge in [-0.2, -0.15) is 11.8 Å². The maximum atomic E-state index is 11.9. The minimum Gasteiger partial charge on any atom is -0.320 e. The average Bonchev–Trinajstić information content (AvgIpc) is 2.71. The van der Waals surface area contributed by atoms with E-state index in [-0.39, 0.29) is 11.8 Å². The first-order valence-electron chi connectivity index (χ1n) is 6.26. The topological polar surface area (TPSA) is 58.2 Å². The number of hydrogen-bond donors (Lipinski definition) is 2. The second kappa shape index (κ2) is 7.61. The molecule has 2 atom stereocenters. The van der Waals surface area contributed by atoms with Crippen LogP contribution < -0.4 is 10.0 Å². The van der Waals surface area contributed by atoms with Gasteiger partial charge in [-0.15, -0.1) is 0 Å². The summed E-state index contributed by atoms with van der Waals surface area (Å²) >= 11 is 1.78. The van der Waals surface area contributed by atoms with Crippen molar-refractivity contribution in [2.45, 2.75) is 43.4 Å². The molecule has 0 heterocycles. The van der Waals surface area contributed by atoms with E-state index < -0.39 is 10.0 Å². The normalized spacial score (nSPS) is 25.3. The largest absolute Gasteiger partial charge is 0.320 e. The predicted octanol–water partition coefficient (Wildman–Crippen LogP) is 1.19. The second-order valence-corrected chi connectivity index (χ2v) is 7.51. The third kappa shape index (κ3) is 5.59. The van der Waals surface area contributed by atoms with Crippen molar-refractivity contribution in [1.29, 1.82) is 0 Å². The minimum atomic E-state index is -3.08. The lowest BCUT2D eigenvalue weighted by Gasteiger charge is -2.19. The smallest absolute Gasteiger partial charge is 0.211 e. The molecule has 1 fully saturated rings. The highest BCUT2D eigenvalue weighted by atomic mass is 32.2. The molecule has 17 heavy (non-hydrogen) atoms. The summed E-state index contributed by atoms with van der Waals surface area (Å²) in [5, 5.41) is 3.48. The molecule has 1 aliphatic carbocycles. The highest BCUT2D eigenvalue weighted by Gasteiger charge is 2.29. The van der Waals surface area contributed by atoms with Gasteiger partial charge in [0.05, 0.1) is 5.75 Å². The first-order valence-corrected chi connectivity index (χ1v) is 9.20. The molecule has 0 bridgehead atoms. The standard InChI is InChI=1S/C11H24N2O2S2/c1-12-8-3-4-9-17(14,15)13-10-6-5-7-11(10)16-2/h10-13H,3-9H2,1-2H3. The Morgan fingerprint density at radius 1 is 1.29 bits per heavy atom. The van der Waals surface area contributed by atoms with E-state index in [1.165, 1.54) is 0 Å². The summed E-state index contributed by atoms with van der Waals surface area (Å²) < 4.78 is 26.6. The molecule has 0 amide bonds. The summed E-state index contributed by atoms with van der Waals surface area (Å²) in [6, 6.07) is 0.152.